The van der Waals surface area contributed by atoms with Crippen LogP contribution in [0.25, 0.3) is 82.8 Å². The van der Waals surface area contributed by atoms with Gasteiger partial charge < -0.3 is 0 Å². The fraction of sp³-hybridized carbons (Fsp3) is 0.0816. The summed E-state index contributed by atoms with van der Waals surface area (Å²) in [4.78, 5) is 15.3. The van der Waals surface area contributed by atoms with Crippen LogP contribution in [0.5, 0.6) is 0 Å². The average Bonchev–Trinajstić information content (AvgIpc) is 3.22. The van der Waals surface area contributed by atoms with E-state index in [1.54, 1.807) is 0 Å². The summed E-state index contributed by atoms with van der Waals surface area (Å²) >= 11 is 0. The molecule has 0 amide bonds. The lowest BCUT2D eigenvalue weighted by Crippen LogP contribution is -2.05. The fourth-order valence-electron chi connectivity index (χ4n) is 8.16. The maximum absolute atomic E-state index is 5.44. The van der Waals surface area contributed by atoms with Crippen molar-refractivity contribution in [2.24, 2.45) is 4.99 Å². The predicted octanol–water partition coefficient (Wildman–Crippen LogP) is 12.9. The van der Waals surface area contributed by atoms with Crippen molar-refractivity contribution in [3.8, 4) is 44.8 Å². The van der Waals surface area contributed by atoms with Crippen LogP contribution in [0.15, 0.2) is 174 Å². The van der Waals surface area contributed by atoms with Gasteiger partial charge in [-0.1, -0.05) is 115 Å². The van der Waals surface area contributed by atoms with Gasteiger partial charge in [0.25, 0.3) is 0 Å². The van der Waals surface area contributed by atoms with Crippen LogP contribution in [0, 0.1) is 0 Å². The minimum Gasteiger partial charge on any atom is -0.261 e. The number of pyridine rings is 2. The highest BCUT2D eigenvalue weighted by atomic mass is 14.8. The Hall–Kier alpha value is -6.45. The Labute approximate surface area is 303 Å². The van der Waals surface area contributed by atoms with E-state index in [1.165, 1.54) is 38.3 Å². The van der Waals surface area contributed by atoms with E-state index in [-0.39, 0.29) is 0 Å². The van der Waals surface area contributed by atoms with Crippen LogP contribution in [0.3, 0.4) is 0 Å². The van der Waals surface area contributed by atoms with E-state index < -0.39 is 0 Å². The Morgan fingerprint density at radius 1 is 0.462 bits per heavy atom. The molecule has 1 aliphatic heterocycles. The largest absolute Gasteiger partial charge is 0.261 e. The van der Waals surface area contributed by atoms with Gasteiger partial charge in [0, 0.05) is 40.1 Å². The molecule has 0 bridgehead atoms. The monoisotopic (exact) mass is 665 g/mol. The van der Waals surface area contributed by atoms with Crippen molar-refractivity contribution >= 4 is 44.2 Å². The molecule has 3 heterocycles. The van der Waals surface area contributed by atoms with Crippen molar-refractivity contribution in [2.75, 3.05) is 0 Å². The number of aromatic nitrogens is 2. The Kier molecular flexibility index (Phi) is 7.42. The number of rotatable bonds is 5. The minimum atomic E-state index is 0.953. The predicted molar refractivity (Wildman–Crippen MR) is 218 cm³/mol. The van der Waals surface area contributed by atoms with Crippen LogP contribution in [0.4, 0.5) is 0 Å². The molecule has 3 heteroatoms. The molecule has 0 radical (unpaired) electrons. The number of nitrogens with zero attached hydrogens (tertiary/aromatic N) is 3. The van der Waals surface area contributed by atoms with Gasteiger partial charge in [0.1, 0.15) is 0 Å². The molecule has 8 aromatic rings. The number of aliphatic imine (C=N–C) groups is 1. The van der Waals surface area contributed by atoms with Crippen molar-refractivity contribution in [1.82, 2.24) is 9.97 Å². The Balaban J connectivity index is 1.25. The highest BCUT2D eigenvalue weighted by Crippen LogP contribution is 2.42. The molecule has 3 nitrogen and oxygen atoms in total. The second kappa shape index (κ2) is 12.7. The standard InChI is InChI=1S/C49H35N3/c1-3-19-40-32(11-1)13-5-23-44(40)46-30-37(31-47(52-46)45-24-6-14-33-12-2-4-20-41(33)45)36-27-38(42-21-7-15-34-17-9-25-50-48(34)42)29-39(28-36)43-22-8-16-35-18-10-26-51-49(35)43/h1-7,9,11-15,17,19-31H,8,10,16,18H2. The van der Waals surface area contributed by atoms with Crippen molar-refractivity contribution in [3.63, 3.8) is 0 Å². The zero-order valence-electron chi connectivity index (χ0n) is 28.8. The van der Waals surface area contributed by atoms with E-state index in [1.807, 2.05) is 12.3 Å². The van der Waals surface area contributed by atoms with Crippen LogP contribution in [0.1, 0.15) is 31.2 Å². The van der Waals surface area contributed by atoms with Crippen molar-refractivity contribution in [3.05, 3.63) is 175 Å². The first-order valence-electron chi connectivity index (χ1n) is 18.2. The molecule has 0 saturated heterocycles. The summed E-state index contributed by atoms with van der Waals surface area (Å²) in [5.41, 5.74) is 14.7. The molecule has 10 rings (SSSR count). The summed E-state index contributed by atoms with van der Waals surface area (Å²) in [7, 11) is 0. The van der Waals surface area contributed by atoms with Gasteiger partial charge in [0.15, 0.2) is 0 Å². The first-order valence-corrected chi connectivity index (χ1v) is 18.2. The normalized spacial score (nSPS) is 14.2. The SMILES string of the molecule is C1=NC2=C(CC1)CCC=C2c1cc(-c2cc(-c3cccc4ccccc34)nc(-c3cccc4ccccc34)c2)cc(-c2cccc3cccnc23)c1. The molecule has 52 heavy (non-hydrogen) atoms. The van der Waals surface area contributed by atoms with E-state index in [0.717, 1.165) is 87.1 Å². The van der Waals surface area contributed by atoms with Crippen LogP contribution < -0.4 is 0 Å². The molecule has 6 aromatic carbocycles. The molecule has 0 unspecified atom stereocenters. The average molecular weight is 666 g/mol. The maximum atomic E-state index is 5.44. The van der Waals surface area contributed by atoms with Crippen LogP contribution in [-0.4, -0.2) is 16.2 Å². The third-order valence-corrected chi connectivity index (χ3v) is 10.7. The van der Waals surface area contributed by atoms with Gasteiger partial charge in [-0.15, -0.1) is 0 Å². The van der Waals surface area contributed by atoms with Gasteiger partial charge in [-0.05, 0) is 111 Å². The Bertz CT molecular complexity index is 2680. The number of hydrogen-bond donors (Lipinski definition) is 0. The third-order valence-electron chi connectivity index (χ3n) is 10.7. The molecular formula is C49H35N3. The van der Waals surface area contributed by atoms with Gasteiger partial charge >= 0.3 is 0 Å². The first kappa shape index (κ1) is 30.4. The lowest BCUT2D eigenvalue weighted by Gasteiger charge is -2.23. The third kappa shape index (κ3) is 5.34. The number of hydrogen-bond acceptors (Lipinski definition) is 3. The maximum Gasteiger partial charge on any atom is 0.0780 e. The van der Waals surface area contributed by atoms with E-state index in [0.29, 0.717) is 0 Å². The van der Waals surface area contributed by atoms with Crippen molar-refractivity contribution < 1.29 is 0 Å². The first-order chi connectivity index (χ1) is 25.8. The number of allylic oxidation sites excluding steroid dienone is 3. The summed E-state index contributed by atoms with van der Waals surface area (Å²) < 4.78 is 0. The summed E-state index contributed by atoms with van der Waals surface area (Å²) in [5.74, 6) is 0. The zero-order chi connectivity index (χ0) is 34.4. The van der Waals surface area contributed by atoms with Gasteiger partial charge in [0.05, 0.1) is 22.6 Å². The van der Waals surface area contributed by atoms with Gasteiger partial charge in [0.2, 0.25) is 0 Å². The molecule has 2 aromatic heterocycles. The summed E-state index contributed by atoms with van der Waals surface area (Å²) in [5, 5.41) is 5.92. The zero-order valence-corrected chi connectivity index (χ0v) is 28.8. The quantitative estimate of drug-likeness (QED) is 0.183. The van der Waals surface area contributed by atoms with Crippen LogP contribution in [-0.2, 0) is 0 Å². The van der Waals surface area contributed by atoms with Crippen LogP contribution >= 0.6 is 0 Å². The van der Waals surface area contributed by atoms with E-state index >= 15 is 0 Å². The Morgan fingerprint density at radius 2 is 1.04 bits per heavy atom. The number of para-hydroxylation sites is 1. The number of benzene rings is 6. The second-order valence-corrected chi connectivity index (χ2v) is 13.8. The highest BCUT2D eigenvalue weighted by Gasteiger charge is 2.21. The van der Waals surface area contributed by atoms with E-state index in [4.69, 9.17) is 15.0 Å². The molecule has 0 atom stereocenters. The van der Waals surface area contributed by atoms with E-state index in [2.05, 4.69) is 152 Å². The summed E-state index contributed by atoms with van der Waals surface area (Å²) in [6.45, 7) is 0. The molecule has 0 N–H and O–H groups in total. The van der Waals surface area contributed by atoms with Crippen molar-refractivity contribution in [2.45, 2.75) is 25.7 Å². The topological polar surface area (TPSA) is 38.1 Å². The Morgan fingerprint density at radius 3 is 1.79 bits per heavy atom. The lowest BCUT2D eigenvalue weighted by molar-refractivity contribution is 0.840. The molecule has 0 fully saturated rings. The lowest BCUT2D eigenvalue weighted by atomic mass is 9.85. The van der Waals surface area contributed by atoms with E-state index in [9.17, 15) is 0 Å². The summed E-state index contributed by atoms with van der Waals surface area (Å²) in [6.07, 6.45) is 10.6. The second-order valence-electron chi connectivity index (χ2n) is 13.8. The molecule has 1 aliphatic carbocycles. The molecule has 0 saturated carbocycles. The molecule has 2 aliphatic rings. The number of fused-ring (bicyclic) bond motifs is 3. The van der Waals surface area contributed by atoms with Crippen LogP contribution in [0.2, 0.25) is 0 Å². The smallest absolute Gasteiger partial charge is 0.0780 e. The molecule has 0 spiro atoms. The summed E-state index contributed by atoms with van der Waals surface area (Å²) in [6, 6.07) is 52.5. The highest BCUT2D eigenvalue weighted by molar-refractivity contribution is 6.01. The van der Waals surface area contributed by atoms with Crippen molar-refractivity contribution in [1.29, 1.82) is 0 Å². The minimum absolute atomic E-state index is 0.953. The fourth-order valence-corrected chi connectivity index (χ4v) is 8.16. The van der Waals surface area contributed by atoms with Gasteiger partial charge in [-0.25, -0.2) is 4.98 Å². The molecular weight excluding hydrogens is 631 g/mol. The van der Waals surface area contributed by atoms with Gasteiger partial charge in [-0.3, -0.25) is 9.98 Å². The van der Waals surface area contributed by atoms with Gasteiger partial charge in [-0.2, -0.15) is 0 Å². The molecule has 246 valence electrons.